The van der Waals surface area contributed by atoms with Gasteiger partial charge in [0, 0.05) is 17.8 Å². The molecule has 1 fully saturated rings. The number of amides is 1. The number of carbonyl (C=O) groups excluding carboxylic acids is 1. The molecule has 0 atom stereocenters. The lowest BCUT2D eigenvalue weighted by molar-refractivity contribution is 0.0977. The standard InChI is InChI=1S/C15H17N3O3S/c19-15(18-22(20,21)9-7-11-2-1-3-11)14-5-4-12-10-16-8-6-13(12)17-14/h4-6,8,10-11H,1-3,7,9H2,(H,18,19). The maximum atomic E-state index is 12.1. The third kappa shape index (κ3) is 3.41. The first-order valence-electron chi connectivity index (χ1n) is 7.29. The van der Waals surface area contributed by atoms with Crippen molar-refractivity contribution in [1.29, 1.82) is 0 Å². The lowest BCUT2D eigenvalue weighted by Gasteiger charge is -2.24. The van der Waals surface area contributed by atoms with Crippen molar-refractivity contribution in [1.82, 2.24) is 14.7 Å². The van der Waals surface area contributed by atoms with Crippen molar-refractivity contribution in [3.63, 3.8) is 0 Å². The molecular formula is C15H17N3O3S. The molecule has 2 aromatic heterocycles. The number of aromatic nitrogens is 2. The van der Waals surface area contributed by atoms with E-state index in [1.165, 1.54) is 12.5 Å². The van der Waals surface area contributed by atoms with Gasteiger partial charge < -0.3 is 0 Å². The van der Waals surface area contributed by atoms with Gasteiger partial charge >= 0.3 is 0 Å². The van der Waals surface area contributed by atoms with Gasteiger partial charge in [-0.15, -0.1) is 0 Å². The van der Waals surface area contributed by atoms with Crippen LogP contribution < -0.4 is 4.72 Å². The van der Waals surface area contributed by atoms with Crippen molar-refractivity contribution in [2.24, 2.45) is 5.92 Å². The minimum atomic E-state index is -3.61. The van der Waals surface area contributed by atoms with Crippen molar-refractivity contribution in [3.8, 4) is 0 Å². The highest BCUT2D eigenvalue weighted by molar-refractivity contribution is 7.90. The molecule has 0 unspecified atom stereocenters. The number of sulfonamides is 1. The fourth-order valence-electron chi connectivity index (χ4n) is 2.44. The fourth-order valence-corrected chi connectivity index (χ4v) is 3.57. The molecule has 0 bridgehead atoms. The smallest absolute Gasteiger partial charge is 0.266 e. The van der Waals surface area contributed by atoms with Gasteiger partial charge in [0.05, 0.1) is 11.3 Å². The van der Waals surface area contributed by atoms with E-state index in [-0.39, 0.29) is 11.4 Å². The Bertz CT molecular complexity index is 801. The molecule has 0 saturated heterocycles. The van der Waals surface area contributed by atoms with Gasteiger partial charge in [-0.3, -0.25) is 9.78 Å². The molecule has 0 radical (unpaired) electrons. The molecular weight excluding hydrogens is 302 g/mol. The van der Waals surface area contributed by atoms with Crippen LogP contribution in [0.4, 0.5) is 0 Å². The molecule has 1 saturated carbocycles. The predicted octanol–water partition coefficient (Wildman–Crippen LogP) is 1.88. The molecule has 3 rings (SSSR count). The maximum absolute atomic E-state index is 12.1. The van der Waals surface area contributed by atoms with Gasteiger partial charge in [-0.1, -0.05) is 19.3 Å². The molecule has 7 heteroatoms. The summed E-state index contributed by atoms with van der Waals surface area (Å²) in [4.78, 5) is 20.2. The van der Waals surface area contributed by atoms with Gasteiger partial charge in [-0.25, -0.2) is 18.1 Å². The number of nitrogens with one attached hydrogen (secondary N) is 1. The van der Waals surface area contributed by atoms with Crippen molar-refractivity contribution in [3.05, 3.63) is 36.3 Å². The number of hydrogen-bond acceptors (Lipinski definition) is 5. The summed E-state index contributed by atoms with van der Waals surface area (Å²) in [5.41, 5.74) is 0.695. The number of carbonyl (C=O) groups is 1. The van der Waals surface area contributed by atoms with E-state index in [4.69, 9.17) is 0 Å². The Hall–Kier alpha value is -2.02. The van der Waals surface area contributed by atoms with Crippen LogP contribution in [-0.4, -0.2) is 30.0 Å². The van der Waals surface area contributed by atoms with E-state index in [0.717, 1.165) is 18.2 Å². The highest BCUT2D eigenvalue weighted by atomic mass is 32.2. The quantitative estimate of drug-likeness (QED) is 0.909. The number of pyridine rings is 2. The Balaban J connectivity index is 1.68. The average Bonchev–Trinajstić information content (AvgIpc) is 2.44. The molecule has 2 aromatic rings. The zero-order valence-electron chi connectivity index (χ0n) is 12.0. The predicted molar refractivity (Wildman–Crippen MR) is 82.7 cm³/mol. The summed E-state index contributed by atoms with van der Waals surface area (Å²) in [6.07, 6.45) is 7.17. The molecule has 1 aliphatic rings. The van der Waals surface area contributed by atoms with Gasteiger partial charge in [0.25, 0.3) is 5.91 Å². The SMILES string of the molecule is O=C(NS(=O)(=O)CCC1CCC1)c1ccc2cnccc2n1. The summed E-state index contributed by atoms with van der Waals surface area (Å²) in [7, 11) is -3.61. The minimum Gasteiger partial charge on any atom is -0.266 e. The molecule has 6 nitrogen and oxygen atoms in total. The second-order valence-corrected chi connectivity index (χ2v) is 7.44. The minimum absolute atomic E-state index is 0.0130. The Morgan fingerprint density at radius 1 is 1.27 bits per heavy atom. The van der Waals surface area contributed by atoms with E-state index in [2.05, 4.69) is 14.7 Å². The van der Waals surface area contributed by atoms with Crippen LogP contribution >= 0.6 is 0 Å². The van der Waals surface area contributed by atoms with Crippen molar-refractivity contribution < 1.29 is 13.2 Å². The Labute approximate surface area is 129 Å². The summed E-state index contributed by atoms with van der Waals surface area (Å²) >= 11 is 0. The average molecular weight is 319 g/mol. The van der Waals surface area contributed by atoms with Crippen LogP contribution in [-0.2, 0) is 10.0 Å². The molecule has 1 N–H and O–H groups in total. The van der Waals surface area contributed by atoms with Gasteiger partial charge in [0.2, 0.25) is 10.0 Å². The van der Waals surface area contributed by atoms with Crippen molar-refractivity contribution in [2.75, 3.05) is 5.75 Å². The van der Waals surface area contributed by atoms with Crippen LogP contribution in [0.1, 0.15) is 36.2 Å². The normalized spacial score (nSPS) is 15.5. The summed E-state index contributed by atoms with van der Waals surface area (Å²) in [6, 6.07) is 4.88. The molecule has 0 aliphatic heterocycles. The molecule has 1 amide bonds. The van der Waals surface area contributed by atoms with Gasteiger partial charge in [-0.2, -0.15) is 0 Å². The monoisotopic (exact) mass is 319 g/mol. The van der Waals surface area contributed by atoms with Gasteiger partial charge in [0.1, 0.15) is 5.69 Å². The zero-order valence-corrected chi connectivity index (χ0v) is 12.8. The van der Waals surface area contributed by atoms with Crippen LogP contribution in [0.3, 0.4) is 0 Å². The summed E-state index contributed by atoms with van der Waals surface area (Å²) in [5.74, 6) is -0.216. The first kappa shape index (κ1) is 14.9. The highest BCUT2D eigenvalue weighted by Crippen LogP contribution is 2.29. The lowest BCUT2D eigenvalue weighted by Crippen LogP contribution is -2.34. The first-order chi connectivity index (χ1) is 10.5. The molecule has 116 valence electrons. The van der Waals surface area contributed by atoms with Gasteiger partial charge in [0.15, 0.2) is 0 Å². The Kier molecular flexibility index (Phi) is 4.06. The summed E-state index contributed by atoms with van der Waals surface area (Å²) in [5, 5.41) is 0.798. The second kappa shape index (κ2) is 6.00. The number of nitrogens with zero attached hydrogens (tertiary/aromatic N) is 2. The third-order valence-corrected chi connectivity index (χ3v) is 5.26. The zero-order chi connectivity index (χ0) is 15.6. The number of rotatable bonds is 5. The first-order valence-corrected chi connectivity index (χ1v) is 8.94. The lowest BCUT2D eigenvalue weighted by atomic mass is 9.84. The van der Waals surface area contributed by atoms with E-state index in [9.17, 15) is 13.2 Å². The van der Waals surface area contributed by atoms with Gasteiger partial charge in [-0.05, 0) is 30.5 Å². The molecule has 2 heterocycles. The molecule has 22 heavy (non-hydrogen) atoms. The largest absolute Gasteiger partial charge is 0.283 e. The molecule has 0 aromatic carbocycles. The van der Waals surface area contributed by atoms with E-state index < -0.39 is 15.9 Å². The van der Waals surface area contributed by atoms with E-state index >= 15 is 0 Å². The Morgan fingerprint density at radius 2 is 2.09 bits per heavy atom. The maximum Gasteiger partial charge on any atom is 0.283 e. The molecule has 1 aliphatic carbocycles. The number of fused-ring (bicyclic) bond motifs is 1. The van der Waals surface area contributed by atoms with E-state index in [1.807, 2.05) is 0 Å². The fraction of sp³-hybridized carbons (Fsp3) is 0.400. The topological polar surface area (TPSA) is 89.0 Å². The van der Waals surface area contributed by atoms with E-state index in [1.54, 1.807) is 24.5 Å². The van der Waals surface area contributed by atoms with Crippen molar-refractivity contribution >= 4 is 26.8 Å². The molecule has 0 spiro atoms. The highest BCUT2D eigenvalue weighted by Gasteiger charge is 2.22. The van der Waals surface area contributed by atoms with Crippen LogP contribution in [0, 0.1) is 5.92 Å². The van der Waals surface area contributed by atoms with Crippen LogP contribution in [0.25, 0.3) is 10.9 Å². The van der Waals surface area contributed by atoms with E-state index in [0.29, 0.717) is 17.9 Å². The Morgan fingerprint density at radius 3 is 2.82 bits per heavy atom. The number of hydrogen-bond donors (Lipinski definition) is 1. The summed E-state index contributed by atoms with van der Waals surface area (Å²) < 4.78 is 26.0. The van der Waals surface area contributed by atoms with Crippen LogP contribution in [0.5, 0.6) is 0 Å². The van der Waals surface area contributed by atoms with Crippen molar-refractivity contribution in [2.45, 2.75) is 25.7 Å². The summed E-state index contributed by atoms with van der Waals surface area (Å²) in [6.45, 7) is 0. The second-order valence-electron chi connectivity index (χ2n) is 5.60. The van der Waals surface area contributed by atoms with Crippen LogP contribution in [0.2, 0.25) is 0 Å². The van der Waals surface area contributed by atoms with Crippen LogP contribution in [0.15, 0.2) is 30.6 Å². The third-order valence-electron chi connectivity index (χ3n) is 3.99.